The SMILES string of the molecule is CCCNNC(=O)CCNC(=O)c1ncc(CNc2ccccc2)s1. The molecule has 0 spiro atoms. The van der Waals surface area contributed by atoms with Gasteiger partial charge in [0, 0.05) is 36.3 Å². The maximum atomic E-state index is 12.0. The van der Waals surface area contributed by atoms with Gasteiger partial charge in [-0.05, 0) is 18.6 Å². The summed E-state index contributed by atoms with van der Waals surface area (Å²) in [6, 6.07) is 9.84. The predicted octanol–water partition coefficient (Wildman–Crippen LogP) is 1.91. The standard InChI is InChI=1S/C17H23N5O2S/c1-2-9-21-22-15(23)8-10-18-16(24)17-20-12-14(25-17)11-19-13-6-4-3-5-7-13/h3-7,12,19,21H,2,8-11H2,1H3,(H,18,24)(H,22,23). The Morgan fingerprint density at radius 1 is 1.16 bits per heavy atom. The molecule has 0 radical (unpaired) electrons. The van der Waals surface area contributed by atoms with Gasteiger partial charge in [0.1, 0.15) is 0 Å². The zero-order valence-electron chi connectivity index (χ0n) is 14.2. The number of aromatic nitrogens is 1. The Balaban J connectivity index is 1.70. The summed E-state index contributed by atoms with van der Waals surface area (Å²) < 4.78 is 0. The summed E-state index contributed by atoms with van der Waals surface area (Å²) in [4.78, 5) is 28.7. The number of rotatable bonds is 10. The number of nitrogens with zero attached hydrogens (tertiary/aromatic N) is 1. The van der Waals surface area contributed by atoms with Gasteiger partial charge in [-0.2, -0.15) is 0 Å². The van der Waals surface area contributed by atoms with Gasteiger partial charge in [0.15, 0.2) is 5.01 Å². The van der Waals surface area contributed by atoms with Crippen molar-refractivity contribution in [1.29, 1.82) is 0 Å². The predicted molar refractivity (Wildman–Crippen MR) is 99.3 cm³/mol. The quantitative estimate of drug-likeness (QED) is 0.383. The van der Waals surface area contributed by atoms with E-state index < -0.39 is 0 Å². The van der Waals surface area contributed by atoms with Crippen LogP contribution in [0.1, 0.15) is 34.4 Å². The number of amides is 2. The number of anilines is 1. The third-order valence-electron chi connectivity index (χ3n) is 3.23. The Kier molecular flexibility index (Phi) is 7.87. The monoisotopic (exact) mass is 361 g/mol. The van der Waals surface area contributed by atoms with E-state index in [-0.39, 0.29) is 24.8 Å². The number of carbonyl (C=O) groups excluding carboxylic acids is 2. The fraction of sp³-hybridized carbons (Fsp3) is 0.353. The Hall–Kier alpha value is -2.45. The lowest BCUT2D eigenvalue weighted by atomic mass is 10.3. The van der Waals surface area contributed by atoms with E-state index in [0.29, 0.717) is 11.6 Å². The molecule has 2 amide bonds. The van der Waals surface area contributed by atoms with E-state index in [4.69, 9.17) is 0 Å². The summed E-state index contributed by atoms with van der Waals surface area (Å²) in [5, 5.41) is 6.38. The number of benzene rings is 1. The Bertz CT molecular complexity index is 675. The molecule has 0 saturated carbocycles. The fourth-order valence-electron chi connectivity index (χ4n) is 1.95. The van der Waals surface area contributed by atoms with Crippen molar-refractivity contribution < 1.29 is 9.59 Å². The Labute approximate surface area is 151 Å². The fourth-order valence-corrected chi connectivity index (χ4v) is 2.72. The molecule has 0 saturated heterocycles. The molecule has 0 aliphatic carbocycles. The highest BCUT2D eigenvalue weighted by Gasteiger charge is 2.11. The first kappa shape index (κ1) is 18.9. The number of thiazole rings is 1. The zero-order valence-corrected chi connectivity index (χ0v) is 15.0. The highest BCUT2D eigenvalue weighted by Crippen LogP contribution is 2.15. The topological polar surface area (TPSA) is 95.1 Å². The molecule has 134 valence electrons. The summed E-state index contributed by atoms with van der Waals surface area (Å²) in [5.74, 6) is -0.411. The van der Waals surface area contributed by atoms with E-state index in [0.717, 1.165) is 23.5 Å². The van der Waals surface area contributed by atoms with Crippen LogP contribution in [0.3, 0.4) is 0 Å². The first-order valence-corrected chi connectivity index (χ1v) is 9.04. The third kappa shape index (κ3) is 6.90. The minimum atomic E-state index is -0.259. The highest BCUT2D eigenvalue weighted by molar-refractivity contribution is 7.13. The molecule has 1 aromatic heterocycles. The molecule has 8 heteroatoms. The molecule has 0 fully saturated rings. The molecular weight excluding hydrogens is 338 g/mol. The number of hydrogen-bond acceptors (Lipinski definition) is 6. The Morgan fingerprint density at radius 2 is 1.96 bits per heavy atom. The molecule has 1 heterocycles. The van der Waals surface area contributed by atoms with Crippen LogP contribution < -0.4 is 21.5 Å². The van der Waals surface area contributed by atoms with Crippen LogP contribution in [0.5, 0.6) is 0 Å². The first-order chi connectivity index (χ1) is 12.2. The lowest BCUT2D eigenvalue weighted by molar-refractivity contribution is -0.121. The van der Waals surface area contributed by atoms with E-state index in [1.807, 2.05) is 37.3 Å². The molecule has 7 nitrogen and oxygen atoms in total. The van der Waals surface area contributed by atoms with Gasteiger partial charge in [-0.25, -0.2) is 10.4 Å². The largest absolute Gasteiger partial charge is 0.380 e. The van der Waals surface area contributed by atoms with E-state index in [1.54, 1.807) is 6.20 Å². The van der Waals surface area contributed by atoms with Crippen molar-refractivity contribution >= 4 is 28.8 Å². The number of hydrogen-bond donors (Lipinski definition) is 4. The summed E-state index contributed by atoms with van der Waals surface area (Å²) in [6.45, 7) is 3.62. The molecule has 0 aliphatic rings. The molecule has 0 atom stereocenters. The van der Waals surface area contributed by atoms with Gasteiger partial charge >= 0.3 is 0 Å². The third-order valence-corrected chi connectivity index (χ3v) is 4.22. The van der Waals surface area contributed by atoms with Crippen molar-refractivity contribution in [2.24, 2.45) is 0 Å². The van der Waals surface area contributed by atoms with Crippen molar-refractivity contribution in [2.45, 2.75) is 26.3 Å². The van der Waals surface area contributed by atoms with Crippen LogP contribution >= 0.6 is 11.3 Å². The van der Waals surface area contributed by atoms with Crippen LogP contribution in [0.2, 0.25) is 0 Å². The maximum Gasteiger partial charge on any atom is 0.280 e. The average molecular weight is 361 g/mol. The van der Waals surface area contributed by atoms with Crippen LogP contribution in [0.15, 0.2) is 36.5 Å². The number of nitrogens with one attached hydrogen (secondary N) is 4. The molecule has 1 aromatic carbocycles. The Morgan fingerprint density at radius 3 is 2.72 bits per heavy atom. The van der Waals surface area contributed by atoms with E-state index in [1.165, 1.54) is 11.3 Å². The zero-order chi connectivity index (χ0) is 17.9. The lowest BCUT2D eigenvalue weighted by Crippen LogP contribution is -2.39. The summed E-state index contributed by atoms with van der Waals surface area (Å²) >= 11 is 1.34. The molecule has 25 heavy (non-hydrogen) atoms. The molecule has 4 N–H and O–H groups in total. The van der Waals surface area contributed by atoms with Crippen molar-refractivity contribution in [3.05, 3.63) is 46.4 Å². The van der Waals surface area contributed by atoms with Crippen LogP contribution in [-0.2, 0) is 11.3 Å². The van der Waals surface area contributed by atoms with Crippen LogP contribution in [-0.4, -0.2) is 29.9 Å². The average Bonchev–Trinajstić information content (AvgIpc) is 3.10. The molecule has 0 unspecified atom stereocenters. The number of carbonyl (C=O) groups is 2. The van der Waals surface area contributed by atoms with E-state index >= 15 is 0 Å². The number of hydrazine groups is 1. The smallest absolute Gasteiger partial charge is 0.280 e. The molecular formula is C17H23N5O2S. The second kappa shape index (κ2) is 10.4. The van der Waals surface area contributed by atoms with Gasteiger partial charge in [-0.3, -0.25) is 15.0 Å². The lowest BCUT2D eigenvalue weighted by Gasteiger charge is -2.06. The first-order valence-electron chi connectivity index (χ1n) is 8.22. The second-order valence-corrected chi connectivity index (χ2v) is 6.45. The van der Waals surface area contributed by atoms with Crippen LogP contribution in [0.4, 0.5) is 5.69 Å². The molecule has 0 aliphatic heterocycles. The summed E-state index contributed by atoms with van der Waals surface area (Å²) in [7, 11) is 0. The van der Waals surface area contributed by atoms with Crippen molar-refractivity contribution in [3.8, 4) is 0 Å². The minimum absolute atomic E-state index is 0.152. The van der Waals surface area contributed by atoms with E-state index in [9.17, 15) is 9.59 Å². The minimum Gasteiger partial charge on any atom is -0.380 e. The number of para-hydroxylation sites is 1. The van der Waals surface area contributed by atoms with Gasteiger partial charge in [-0.15, -0.1) is 11.3 Å². The van der Waals surface area contributed by atoms with Crippen molar-refractivity contribution in [2.75, 3.05) is 18.4 Å². The van der Waals surface area contributed by atoms with Crippen LogP contribution in [0.25, 0.3) is 0 Å². The molecule has 2 rings (SSSR count). The molecule has 0 bridgehead atoms. The van der Waals surface area contributed by atoms with Gasteiger partial charge in [0.2, 0.25) is 5.91 Å². The van der Waals surface area contributed by atoms with Crippen LogP contribution in [0, 0.1) is 0 Å². The normalized spacial score (nSPS) is 10.3. The summed E-state index contributed by atoms with van der Waals surface area (Å²) in [6.07, 6.45) is 2.84. The van der Waals surface area contributed by atoms with Crippen molar-refractivity contribution in [1.82, 2.24) is 21.2 Å². The van der Waals surface area contributed by atoms with Gasteiger partial charge in [0.05, 0.1) is 6.54 Å². The summed E-state index contributed by atoms with van der Waals surface area (Å²) in [5.41, 5.74) is 6.40. The van der Waals surface area contributed by atoms with Gasteiger partial charge in [0.25, 0.3) is 5.91 Å². The van der Waals surface area contributed by atoms with Gasteiger partial charge in [-0.1, -0.05) is 25.1 Å². The van der Waals surface area contributed by atoms with Crippen molar-refractivity contribution in [3.63, 3.8) is 0 Å². The van der Waals surface area contributed by atoms with E-state index in [2.05, 4.69) is 26.5 Å². The highest BCUT2D eigenvalue weighted by atomic mass is 32.1. The molecule has 2 aromatic rings. The van der Waals surface area contributed by atoms with Gasteiger partial charge < -0.3 is 10.6 Å². The second-order valence-electron chi connectivity index (χ2n) is 5.33. The maximum absolute atomic E-state index is 12.0.